The molecule has 4 heterocycles. The van der Waals surface area contributed by atoms with Crippen LogP contribution in [0.5, 0.6) is 0 Å². The number of halogens is 1. The van der Waals surface area contributed by atoms with Crippen molar-refractivity contribution in [3.05, 3.63) is 35.6 Å². The van der Waals surface area contributed by atoms with Crippen LogP contribution in [0.2, 0.25) is 0 Å². The molecule has 2 aromatic heterocycles. The maximum Gasteiger partial charge on any atom is 0.291 e. The van der Waals surface area contributed by atoms with Crippen molar-refractivity contribution in [3.8, 4) is 5.95 Å². The lowest BCUT2D eigenvalue weighted by atomic mass is 9.94. The molecule has 5 rings (SSSR count). The number of likely N-dealkylation sites (tertiary alicyclic amines) is 1. The summed E-state index contributed by atoms with van der Waals surface area (Å²) in [5.41, 5.74) is 1.57. The van der Waals surface area contributed by atoms with Crippen molar-refractivity contribution in [1.82, 2.24) is 24.8 Å². The largest absolute Gasteiger partial charge is 0.381 e. The Bertz CT molecular complexity index is 987. The summed E-state index contributed by atoms with van der Waals surface area (Å²) in [6.45, 7) is 9.86. The van der Waals surface area contributed by atoms with E-state index in [1.54, 1.807) is 10.7 Å². The number of aryl methyl sites for hydroxylation is 1. The number of piperidine rings is 1. The quantitative estimate of drug-likeness (QED) is 0.608. The number of hydrogen-bond donors (Lipinski definition) is 0. The van der Waals surface area contributed by atoms with Gasteiger partial charge >= 0.3 is 0 Å². The molecule has 0 spiro atoms. The Kier molecular flexibility index (Phi) is 6.97. The fourth-order valence-corrected chi connectivity index (χ4v) is 4.61. The van der Waals surface area contributed by atoms with Crippen molar-refractivity contribution in [3.63, 3.8) is 0 Å². The van der Waals surface area contributed by atoms with Gasteiger partial charge in [0.25, 0.3) is 5.95 Å². The van der Waals surface area contributed by atoms with E-state index in [0.29, 0.717) is 23.4 Å². The van der Waals surface area contributed by atoms with E-state index < -0.39 is 0 Å². The SMILES string of the molecule is CC.CCc1nn(-c2noc(C3CCN(C4CCOCC4)CC3)n2)c2cc(F)ccc12. The summed E-state index contributed by atoms with van der Waals surface area (Å²) < 4.78 is 26.5. The van der Waals surface area contributed by atoms with Crippen LogP contribution in [0.4, 0.5) is 4.39 Å². The first-order valence-electron chi connectivity index (χ1n) is 11.6. The van der Waals surface area contributed by atoms with Crippen LogP contribution in [0, 0.1) is 5.82 Å². The lowest BCUT2D eigenvalue weighted by Gasteiger charge is -2.38. The van der Waals surface area contributed by atoms with E-state index in [-0.39, 0.29) is 11.7 Å². The van der Waals surface area contributed by atoms with Gasteiger partial charge in [-0.05, 0) is 62.5 Å². The van der Waals surface area contributed by atoms with Gasteiger partial charge in [-0.1, -0.05) is 20.8 Å². The first kappa shape index (κ1) is 21.9. The van der Waals surface area contributed by atoms with Crippen LogP contribution in [0.1, 0.15) is 64.0 Å². The van der Waals surface area contributed by atoms with Gasteiger partial charge in [0, 0.05) is 36.6 Å². The zero-order valence-corrected chi connectivity index (χ0v) is 18.7. The van der Waals surface area contributed by atoms with Gasteiger partial charge in [-0.15, -0.1) is 0 Å². The topological polar surface area (TPSA) is 69.2 Å². The molecule has 0 bridgehead atoms. The van der Waals surface area contributed by atoms with Crippen LogP contribution >= 0.6 is 0 Å². The summed E-state index contributed by atoms with van der Waals surface area (Å²) in [5.74, 6) is 0.994. The molecule has 2 fully saturated rings. The Labute approximate surface area is 182 Å². The maximum atomic E-state index is 13.8. The Hall–Kier alpha value is -2.32. The van der Waals surface area contributed by atoms with Gasteiger partial charge in [0.1, 0.15) is 5.82 Å². The molecule has 2 aliphatic heterocycles. The van der Waals surface area contributed by atoms with E-state index in [2.05, 4.69) is 20.1 Å². The molecule has 2 aliphatic rings. The number of rotatable bonds is 4. The average molecular weight is 430 g/mol. The van der Waals surface area contributed by atoms with Gasteiger partial charge in [-0.25, -0.2) is 4.39 Å². The second-order valence-corrected chi connectivity index (χ2v) is 7.96. The van der Waals surface area contributed by atoms with Gasteiger partial charge in [-0.2, -0.15) is 14.8 Å². The van der Waals surface area contributed by atoms with Crippen LogP contribution in [0.3, 0.4) is 0 Å². The molecule has 0 saturated carbocycles. The molecule has 0 unspecified atom stereocenters. The zero-order chi connectivity index (χ0) is 21.8. The van der Waals surface area contributed by atoms with Crippen molar-refractivity contribution in [2.45, 2.75) is 64.8 Å². The zero-order valence-electron chi connectivity index (χ0n) is 18.7. The normalized spacial score (nSPS) is 18.8. The van der Waals surface area contributed by atoms with E-state index in [0.717, 1.165) is 69.5 Å². The minimum absolute atomic E-state index is 0.261. The summed E-state index contributed by atoms with van der Waals surface area (Å²) >= 11 is 0. The number of hydrogen-bond acceptors (Lipinski definition) is 6. The highest BCUT2D eigenvalue weighted by Gasteiger charge is 2.30. The minimum atomic E-state index is -0.300. The Morgan fingerprint density at radius 1 is 1.10 bits per heavy atom. The summed E-state index contributed by atoms with van der Waals surface area (Å²) in [6, 6.07) is 5.34. The average Bonchev–Trinajstić information content (AvgIpc) is 3.46. The fourth-order valence-electron chi connectivity index (χ4n) is 4.61. The molecular weight excluding hydrogens is 397 g/mol. The first-order chi connectivity index (χ1) is 15.2. The van der Waals surface area contributed by atoms with Crippen LogP contribution in [-0.2, 0) is 11.2 Å². The molecule has 0 atom stereocenters. The van der Waals surface area contributed by atoms with Gasteiger partial charge in [0.05, 0.1) is 11.2 Å². The van der Waals surface area contributed by atoms with Crippen molar-refractivity contribution in [2.24, 2.45) is 0 Å². The number of ether oxygens (including phenoxy) is 1. The molecule has 31 heavy (non-hydrogen) atoms. The molecule has 0 aliphatic carbocycles. The Morgan fingerprint density at radius 2 is 1.84 bits per heavy atom. The lowest BCUT2D eigenvalue weighted by Crippen LogP contribution is -2.43. The predicted octanol–water partition coefficient (Wildman–Crippen LogP) is 4.49. The molecule has 2 saturated heterocycles. The second kappa shape index (κ2) is 9.87. The molecule has 1 aromatic carbocycles. The van der Waals surface area contributed by atoms with Crippen LogP contribution in [0.15, 0.2) is 22.7 Å². The van der Waals surface area contributed by atoms with Gasteiger partial charge in [0.2, 0.25) is 5.89 Å². The number of fused-ring (bicyclic) bond motifs is 1. The molecule has 8 heteroatoms. The van der Waals surface area contributed by atoms with Crippen LogP contribution in [-0.4, -0.2) is 57.2 Å². The molecule has 7 nitrogen and oxygen atoms in total. The Balaban J connectivity index is 0.00000112. The maximum absolute atomic E-state index is 13.8. The monoisotopic (exact) mass is 429 g/mol. The molecule has 168 valence electrons. The second-order valence-electron chi connectivity index (χ2n) is 7.96. The third-order valence-corrected chi connectivity index (χ3v) is 6.26. The molecule has 3 aromatic rings. The summed E-state index contributed by atoms with van der Waals surface area (Å²) in [5, 5.41) is 9.68. The lowest BCUT2D eigenvalue weighted by molar-refractivity contribution is 0.0239. The van der Waals surface area contributed by atoms with Crippen LogP contribution < -0.4 is 0 Å². The van der Waals surface area contributed by atoms with E-state index in [4.69, 9.17) is 9.26 Å². The van der Waals surface area contributed by atoms with E-state index in [1.807, 2.05) is 20.8 Å². The summed E-state index contributed by atoms with van der Waals surface area (Å²) in [6.07, 6.45) is 5.02. The molecular formula is C23H32FN5O2. The van der Waals surface area contributed by atoms with Gasteiger partial charge in [-0.3, -0.25) is 0 Å². The number of benzene rings is 1. The molecule has 0 N–H and O–H groups in total. The minimum Gasteiger partial charge on any atom is -0.381 e. The highest BCUT2D eigenvalue weighted by molar-refractivity contribution is 5.83. The van der Waals surface area contributed by atoms with E-state index in [9.17, 15) is 4.39 Å². The van der Waals surface area contributed by atoms with Crippen molar-refractivity contribution in [1.29, 1.82) is 0 Å². The van der Waals surface area contributed by atoms with Crippen molar-refractivity contribution in [2.75, 3.05) is 26.3 Å². The molecule has 0 radical (unpaired) electrons. The van der Waals surface area contributed by atoms with Gasteiger partial charge < -0.3 is 14.2 Å². The predicted molar refractivity (Wildman–Crippen MR) is 117 cm³/mol. The van der Waals surface area contributed by atoms with Crippen molar-refractivity contribution < 1.29 is 13.7 Å². The smallest absolute Gasteiger partial charge is 0.291 e. The Morgan fingerprint density at radius 3 is 2.55 bits per heavy atom. The highest BCUT2D eigenvalue weighted by atomic mass is 19.1. The number of aromatic nitrogens is 4. The molecule has 0 amide bonds. The van der Waals surface area contributed by atoms with Crippen molar-refractivity contribution >= 4 is 10.9 Å². The van der Waals surface area contributed by atoms with E-state index in [1.165, 1.54) is 12.1 Å². The van der Waals surface area contributed by atoms with E-state index >= 15 is 0 Å². The summed E-state index contributed by atoms with van der Waals surface area (Å²) in [4.78, 5) is 7.21. The highest BCUT2D eigenvalue weighted by Crippen LogP contribution is 2.30. The third kappa shape index (κ3) is 4.50. The summed E-state index contributed by atoms with van der Waals surface area (Å²) in [7, 11) is 0. The van der Waals surface area contributed by atoms with Gasteiger partial charge in [0.15, 0.2) is 0 Å². The van der Waals surface area contributed by atoms with Crippen LogP contribution in [0.25, 0.3) is 16.9 Å². The third-order valence-electron chi connectivity index (χ3n) is 6.26. The number of nitrogens with zero attached hydrogens (tertiary/aromatic N) is 5. The standard InChI is InChI=1S/C21H26FN5O2.C2H6/c1-2-18-17-4-3-15(22)13-19(17)27(24-18)21-23-20(29-25-21)14-5-9-26(10-6-14)16-7-11-28-12-8-16;1-2/h3-4,13-14,16H,2,5-12H2,1H3;1-2H3. The first-order valence-corrected chi connectivity index (χ1v) is 11.6. The fraction of sp³-hybridized carbons (Fsp3) is 0.609.